The Morgan fingerprint density at radius 2 is 1.62 bits per heavy atom. The molecule has 0 amide bonds. The average molecular weight is 813 g/mol. The van der Waals surface area contributed by atoms with E-state index in [1.54, 1.807) is 0 Å². The number of allylic oxidation sites excluding steroid dienone is 2. The van der Waals surface area contributed by atoms with Gasteiger partial charge >= 0.3 is 5.97 Å². The predicted octanol–water partition coefficient (Wildman–Crippen LogP) is 5.61. The summed E-state index contributed by atoms with van der Waals surface area (Å²) < 4.78 is 19.4. The van der Waals surface area contributed by atoms with Crippen LogP contribution in [0.25, 0.3) is 0 Å². The number of hydrogen-bond donors (Lipinski definition) is 7. The summed E-state index contributed by atoms with van der Waals surface area (Å²) in [6.45, 7) is 13.2. The Labute approximate surface area is 345 Å². The highest BCUT2D eigenvalue weighted by atomic mass is 16.7. The van der Waals surface area contributed by atoms with Crippen molar-refractivity contribution in [3.05, 3.63) is 47.5 Å². The summed E-state index contributed by atoms with van der Waals surface area (Å²) in [6, 6.07) is 9.91. The molecule has 7 N–H and O–H groups in total. The highest BCUT2D eigenvalue weighted by Crippen LogP contribution is 2.77. The lowest BCUT2D eigenvalue weighted by Gasteiger charge is -2.73. The Bertz CT molecular complexity index is 1660. The number of aliphatic hydroxyl groups excluding tert-OH is 6. The summed E-state index contributed by atoms with van der Waals surface area (Å²) in [4.78, 5) is 13.7. The van der Waals surface area contributed by atoms with Crippen LogP contribution in [0.5, 0.6) is 0 Å². The first kappa shape index (κ1) is 44.1. The summed E-state index contributed by atoms with van der Waals surface area (Å²) in [5, 5.41) is 77.3. The molecule has 1 aliphatic heterocycles. The molecule has 0 radical (unpaired) electrons. The zero-order chi connectivity index (χ0) is 42.1. The molecule has 0 aromatic heterocycles. The lowest BCUT2D eigenvalue weighted by atomic mass is 9.31. The van der Waals surface area contributed by atoms with Gasteiger partial charge in [0.1, 0.15) is 23.7 Å². The lowest BCUT2D eigenvalue weighted by molar-refractivity contribution is -0.333. The quantitative estimate of drug-likeness (QED) is 0.0790. The number of aliphatic carboxylic acids is 1. The van der Waals surface area contributed by atoms with Crippen LogP contribution in [-0.2, 0) is 25.6 Å². The number of unbranched alkanes of at least 4 members (excludes halogenated alkanes) is 2. The van der Waals surface area contributed by atoms with Crippen LogP contribution in [0, 0.1) is 56.2 Å². The molecule has 11 nitrogen and oxygen atoms in total. The van der Waals surface area contributed by atoms with Gasteiger partial charge in [0.05, 0.1) is 38.1 Å². The molecule has 1 aromatic carbocycles. The van der Waals surface area contributed by atoms with Gasteiger partial charge in [-0.05, 0) is 102 Å². The smallest absolute Gasteiger partial charge is 0.312 e. The minimum absolute atomic E-state index is 0.0134. The lowest BCUT2D eigenvalue weighted by Crippen LogP contribution is -2.71. The fraction of sp³-hybridized carbons (Fsp3) is 0.809. The van der Waals surface area contributed by atoms with E-state index in [2.05, 4.69) is 40.7 Å². The van der Waals surface area contributed by atoms with E-state index in [0.29, 0.717) is 32.3 Å². The third-order valence-electron chi connectivity index (χ3n) is 17.8. The second kappa shape index (κ2) is 16.1. The third kappa shape index (κ3) is 6.67. The molecule has 1 heterocycles. The van der Waals surface area contributed by atoms with Gasteiger partial charge in [0.15, 0.2) is 6.29 Å². The van der Waals surface area contributed by atoms with Crippen LogP contribution in [0.1, 0.15) is 118 Å². The Morgan fingerprint density at radius 1 is 0.897 bits per heavy atom. The van der Waals surface area contributed by atoms with Crippen molar-refractivity contribution in [3.63, 3.8) is 0 Å². The van der Waals surface area contributed by atoms with Crippen LogP contribution in [0.3, 0.4) is 0 Å². The van der Waals surface area contributed by atoms with E-state index in [0.717, 1.165) is 49.7 Å². The van der Waals surface area contributed by atoms with Crippen molar-refractivity contribution in [2.24, 2.45) is 56.2 Å². The number of aliphatic hydroxyl groups is 6. The summed E-state index contributed by atoms with van der Waals surface area (Å²) in [5.74, 6) is -1.24. The number of fused-ring (bicyclic) bond motifs is 7. The van der Waals surface area contributed by atoms with E-state index in [1.165, 1.54) is 0 Å². The largest absolute Gasteiger partial charge is 0.481 e. The first-order valence-corrected chi connectivity index (χ1v) is 22.2. The number of hydrogen-bond acceptors (Lipinski definition) is 10. The van der Waals surface area contributed by atoms with Crippen LogP contribution in [0.4, 0.5) is 0 Å². The minimum atomic E-state index is -1.49. The van der Waals surface area contributed by atoms with Gasteiger partial charge < -0.3 is 50.0 Å². The highest BCUT2D eigenvalue weighted by molar-refractivity contribution is 5.78. The number of rotatable bonds is 12. The molecule has 0 spiro atoms. The average Bonchev–Trinajstić information content (AvgIpc) is 3.19. The molecule has 11 heteroatoms. The molecule has 5 fully saturated rings. The van der Waals surface area contributed by atoms with Crippen LogP contribution < -0.4 is 0 Å². The first-order chi connectivity index (χ1) is 27.4. The number of benzene rings is 1. The summed E-state index contributed by atoms with van der Waals surface area (Å²) in [7, 11) is 0. The van der Waals surface area contributed by atoms with E-state index in [9.17, 15) is 40.5 Å². The van der Waals surface area contributed by atoms with Gasteiger partial charge in [0, 0.05) is 12.0 Å². The number of carbonyl (C=O) groups is 1. The number of carboxylic acid groups (broad SMARTS) is 1. The normalized spacial score (nSPS) is 48.8. The van der Waals surface area contributed by atoms with Crippen molar-refractivity contribution in [1.82, 2.24) is 0 Å². The van der Waals surface area contributed by atoms with Crippen LogP contribution >= 0.6 is 0 Å². The molecule has 58 heavy (non-hydrogen) atoms. The fourth-order valence-corrected chi connectivity index (χ4v) is 14.5. The topological polar surface area (TPSA) is 186 Å². The van der Waals surface area contributed by atoms with E-state index in [-0.39, 0.29) is 54.8 Å². The molecule has 326 valence electrons. The molecule has 4 saturated carbocycles. The van der Waals surface area contributed by atoms with Gasteiger partial charge in [0.25, 0.3) is 0 Å². The van der Waals surface area contributed by atoms with E-state index >= 15 is 0 Å². The number of carboxylic acids is 1. The van der Waals surface area contributed by atoms with Crippen LogP contribution in [-0.4, -0.2) is 104 Å². The molecule has 7 rings (SSSR count). The molecule has 5 aliphatic carbocycles. The SMILES string of the molecule is CCCCC[C@H]1C[C@@]2(C(=O)O)[C@@H](O)C[C@](C)(CO)C[C@H]2C2=CC[C@@H]3[C@@]4(C)C[C@@H](OCc5ccccc5)[C@@H](O[C@@H]5OC[C@@H](O)[C@H](O)[C@H]5O)[C@@](C)(CO)[C@H]4CC[C@@]3(C)[C@@]21C. The van der Waals surface area contributed by atoms with Gasteiger partial charge in [-0.2, -0.15) is 0 Å². The predicted molar refractivity (Wildman–Crippen MR) is 217 cm³/mol. The van der Waals surface area contributed by atoms with Crippen molar-refractivity contribution < 1.29 is 54.8 Å². The van der Waals surface area contributed by atoms with Crippen molar-refractivity contribution >= 4 is 5.97 Å². The molecule has 6 aliphatic rings. The van der Waals surface area contributed by atoms with E-state index in [1.807, 2.05) is 37.3 Å². The summed E-state index contributed by atoms with van der Waals surface area (Å²) in [6.07, 6.45) is 2.63. The Hall–Kier alpha value is -1.93. The van der Waals surface area contributed by atoms with Crippen molar-refractivity contribution in [3.8, 4) is 0 Å². The summed E-state index contributed by atoms with van der Waals surface area (Å²) in [5.41, 5.74) is -1.68. The maximum atomic E-state index is 13.7. The van der Waals surface area contributed by atoms with Gasteiger partial charge in [-0.15, -0.1) is 0 Å². The van der Waals surface area contributed by atoms with Crippen molar-refractivity contribution in [2.45, 2.75) is 162 Å². The third-order valence-corrected chi connectivity index (χ3v) is 17.8. The highest BCUT2D eigenvalue weighted by Gasteiger charge is 2.74. The summed E-state index contributed by atoms with van der Waals surface area (Å²) >= 11 is 0. The molecular weight excluding hydrogens is 741 g/mol. The standard InChI is InChI=1S/C47H72O11/c1-7-8-10-15-29-20-47(41(54)55)31(21-42(2,26-48)23-36(47)51)30-16-17-35-43(3)22-33(56-24-28-13-11-9-12-14-28)39(58-40-38(53)37(52)32(50)25-57-40)44(4,27-49)34(43)18-19-45(35,5)46(29,30)6/h9,11-14,16,29,31-40,48-53H,7-8,10,15,17-27H2,1-6H3,(H,54,55)/t29-,31-,32+,33+,34-,35+,36-,37-,38+,39+,40-,42+,43-,44-,45+,46+,47-/m0/s1. The fourth-order valence-electron chi connectivity index (χ4n) is 14.5. The first-order valence-electron chi connectivity index (χ1n) is 22.2. The Balaban J connectivity index is 1.32. The maximum Gasteiger partial charge on any atom is 0.312 e. The van der Waals surface area contributed by atoms with E-state index < -0.39 is 76.5 Å². The molecular formula is C47H72O11. The van der Waals surface area contributed by atoms with Gasteiger partial charge in [-0.1, -0.05) is 103 Å². The van der Waals surface area contributed by atoms with E-state index in [4.69, 9.17) is 14.2 Å². The second-order valence-electron chi connectivity index (χ2n) is 20.9. The molecule has 1 saturated heterocycles. The zero-order valence-corrected chi connectivity index (χ0v) is 35.7. The van der Waals surface area contributed by atoms with Crippen molar-refractivity contribution in [1.29, 1.82) is 0 Å². The number of ether oxygens (including phenoxy) is 3. The van der Waals surface area contributed by atoms with Crippen LogP contribution in [0.15, 0.2) is 42.0 Å². The Morgan fingerprint density at radius 3 is 2.28 bits per heavy atom. The Kier molecular flexibility index (Phi) is 12.2. The van der Waals surface area contributed by atoms with Crippen LogP contribution in [0.2, 0.25) is 0 Å². The molecule has 0 bridgehead atoms. The second-order valence-corrected chi connectivity index (χ2v) is 20.9. The zero-order valence-electron chi connectivity index (χ0n) is 35.7. The van der Waals surface area contributed by atoms with Crippen molar-refractivity contribution in [2.75, 3.05) is 19.8 Å². The van der Waals surface area contributed by atoms with Gasteiger partial charge in [0.2, 0.25) is 0 Å². The van der Waals surface area contributed by atoms with Gasteiger partial charge in [-0.25, -0.2) is 0 Å². The molecule has 17 atom stereocenters. The maximum absolute atomic E-state index is 13.7. The molecule has 1 aromatic rings. The molecule has 0 unspecified atom stereocenters. The minimum Gasteiger partial charge on any atom is -0.481 e. The van der Waals surface area contributed by atoms with Gasteiger partial charge in [-0.3, -0.25) is 4.79 Å². The monoisotopic (exact) mass is 813 g/mol.